The number of rotatable bonds is 11. The molecule has 2 aliphatic rings. The van der Waals surface area contributed by atoms with Gasteiger partial charge in [-0.15, -0.1) is 0 Å². The first-order valence-electron chi connectivity index (χ1n) is 39.4. The van der Waals surface area contributed by atoms with E-state index in [0.717, 1.165) is 134 Å². The zero-order valence-electron chi connectivity index (χ0n) is 63.7. The molecule has 530 valence electrons. The Morgan fingerprint density at radius 3 is 1.02 bits per heavy atom. The zero-order chi connectivity index (χ0) is 75.1. The third-order valence-electron chi connectivity index (χ3n) is 23.9. The summed E-state index contributed by atoms with van der Waals surface area (Å²) in [5.74, 6) is 0. The molecule has 4 heteroatoms. The third kappa shape index (κ3) is 11.0. The fraction of sp³-hybridized carbons (Fsp3) is 0.0741. The van der Waals surface area contributed by atoms with Crippen molar-refractivity contribution in [3.05, 3.63) is 387 Å². The van der Waals surface area contributed by atoms with Gasteiger partial charge in [0.05, 0.1) is 22.4 Å². The van der Waals surface area contributed by atoms with Gasteiger partial charge in [0.25, 0.3) is 6.71 Å². The monoisotopic (exact) mass is 1430 g/mol. The molecule has 18 aromatic carbocycles. The maximum Gasteiger partial charge on any atom is 0.252 e. The molecule has 0 bridgehead atoms. The first kappa shape index (κ1) is 66.6. The number of hydrogen-bond acceptors (Lipinski definition) is 2. The highest BCUT2D eigenvalue weighted by molar-refractivity contribution is 7.00. The van der Waals surface area contributed by atoms with E-state index in [-0.39, 0.29) is 17.5 Å². The molecule has 0 saturated carbocycles. The van der Waals surface area contributed by atoms with Crippen LogP contribution in [0.1, 0.15) is 52.7 Å². The summed E-state index contributed by atoms with van der Waals surface area (Å²) in [6.45, 7) is 13.6. The molecule has 1 aromatic heterocycles. The number of nitrogens with zero attached hydrogens (tertiary/aromatic N) is 3. The van der Waals surface area contributed by atoms with Gasteiger partial charge in [0.1, 0.15) is 0 Å². The SMILES string of the molecule is CC(C)(C)c1ccc(-c2cc3c4c(c2)N(c2c(-c5ccccc5)cc(-c5ccccc5)cc2-c2ccccc2)c2cc(-n5c6ccccc6c6ccccc65)ccc2B4c2cc(-c4cc5ccc6cc(C(C)(C)C)cc7ccc(c4)c5c67)ccc2N3c2c(-c3ccccc3)cc(-c3ccccc3)cc2-c2ccccc2)cc1. The second-order valence-electron chi connectivity index (χ2n) is 32.8. The smallest absolute Gasteiger partial charge is 0.252 e. The Labute approximate surface area is 655 Å². The van der Waals surface area contributed by atoms with Gasteiger partial charge in [0.15, 0.2) is 0 Å². The fourth-order valence-electron chi connectivity index (χ4n) is 18.5. The van der Waals surface area contributed by atoms with Crippen molar-refractivity contribution >= 4 is 111 Å². The van der Waals surface area contributed by atoms with Crippen LogP contribution in [0.3, 0.4) is 0 Å². The lowest BCUT2D eigenvalue weighted by atomic mass is 9.33. The van der Waals surface area contributed by atoms with E-state index in [9.17, 15) is 0 Å². The predicted molar refractivity (Wildman–Crippen MR) is 479 cm³/mol. The van der Waals surface area contributed by atoms with Crippen LogP contribution in [-0.2, 0) is 10.8 Å². The molecule has 0 saturated heterocycles. The first-order chi connectivity index (χ1) is 54.8. The van der Waals surface area contributed by atoms with Crippen LogP contribution in [0.2, 0.25) is 0 Å². The molecular formula is C108H80BN3. The summed E-state index contributed by atoms with van der Waals surface area (Å²) in [5, 5.41) is 10.1. The molecule has 0 spiro atoms. The van der Waals surface area contributed by atoms with Crippen molar-refractivity contribution in [2.75, 3.05) is 9.80 Å². The molecule has 0 unspecified atom stereocenters. The zero-order valence-corrected chi connectivity index (χ0v) is 63.7. The van der Waals surface area contributed by atoms with Gasteiger partial charge in [-0.3, -0.25) is 0 Å². The first-order valence-corrected chi connectivity index (χ1v) is 39.4. The van der Waals surface area contributed by atoms with Gasteiger partial charge in [-0.05, 0) is 216 Å². The van der Waals surface area contributed by atoms with Gasteiger partial charge >= 0.3 is 0 Å². The van der Waals surface area contributed by atoms with E-state index in [1.165, 1.54) is 76.2 Å². The molecule has 3 nitrogen and oxygen atoms in total. The quantitative estimate of drug-likeness (QED) is 0.0944. The largest absolute Gasteiger partial charge is 0.310 e. The van der Waals surface area contributed by atoms with Gasteiger partial charge < -0.3 is 14.4 Å². The number of benzene rings is 18. The van der Waals surface area contributed by atoms with Crippen LogP contribution in [0.4, 0.5) is 34.1 Å². The molecule has 21 rings (SSSR count). The molecule has 2 aliphatic heterocycles. The minimum Gasteiger partial charge on any atom is -0.310 e. The average molecular weight is 1430 g/mol. The normalized spacial score (nSPS) is 12.7. The second kappa shape index (κ2) is 26.1. The summed E-state index contributed by atoms with van der Waals surface area (Å²) in [5.41, 5.74) is 34.4. The van der Waals surface area contributed by atoms with E-state index in [1.54, 1.807) is 0 Å². The van der Waals surface area contributed by atoms with E-state index in [1.807, 2.05) is 0 Å². The second-order valence-corrected chi connectivity index (χ2v) is 32.8. The van der Waals surface area contributed by atoms with Crippen molar-refractivity contribution in [1.82, 2.24) is 4.57 Å². The lowest BCUT2D eigenvalue weighted by molar-refractivity contribution is 0.590. The van der Waals surface area contributed by atoms with Crippen molar-refractivity contribution < 1.29 is 0 Å². The van der Waals surface area contributed by atoms with Crippen molar-refractivity contribution in [2.24, 2.45) is 0 Å². The van der Waals surface area contributed by atoms with Crippen LogP contribution in [0.5, 0.6) is 0 Å². The number of fused-ring (bicyclic) bond motifs is 7. The highest BCUT2D eigenvalue weighted by atomic mass is 15.2. The van der Waals surface area contributed by atoms with Crippen molar-refractivity contribution in [1.29, 1.82) is 0 Å². The van der Waals surface area contributed by atoms with Gasteiger partial charge in [-0.1, -0.05) is 339 Å². The van der Waals surface area contributed by atoms with Gasteiger partial charge in [-0.2, -0.15) is 0 Å². The van der Waals surface area contributed by atoms with Crippen LogP contribution < -0.4 is 26.2 Å². The summed E-state index contributed by atoms with van der Waals surface area (Å²) < 4.78 is 2.51. The summed E-state index contributed by atoms with van der Waals surface area (Å²) in [7, 11) is 0. The van der Waals surface area contributed by atoms with Gasteiger partial charge in [0.2, 0.25) is 0 Å². The standard InChI is InChI=1S/C108H80BN3/c1-107(2,3)85-52-49-71(50-53-85)84-66-100-104-101(67-84)112(106-92(74-37-21-11-22-38-74)63-83(70-31-15-8-16-32-70)64-93(106)75-39-23-12-24-40-75)99-68-87(110-96-43-27-25-41-88(96)89-42-26-28-44-97(89)110)54-55-94(99)109(104)95-65-76(81-57-77-45-47-79-59-86(108(4,5)6)60-80-48-46-78(58-81)102(77)103(79)80)51-56-98(95)111(100)105-90(72-33-17-9-18-34-72)61-82(69-29-13-7-14-30-69)62-91(105)73-35-19-10-20-36-73/h7-68H,1-6H3. The number of aromatic nitrogens is 1. The summed E-state index contributed by atoms with van der Waals surface area (Å²) in [6, 6.07) is 143. The Kier molecular flexibility index (Phi) is 15.5. The van der Waals surface area contributed by atoms with Gasteiger partial charge in [0, 0.05) is 61.5 Å². The molecule has 3 heterocycles. The van der Waals surface area contributed by atoms with Crippen molar-refractivity contribution in [2.45, 2.75) is 52.4 Å². The molecule has 0 fully saturated rings. The number of para-hydroxylation sites is 2. The Bertz CT molecular complexity index is 6670. The lowest BCUT2D eigenvalue weighted by Gasteiger charge is -2.46. The van der Waals surface area contributed by atoms with E-state index in [4.69, 9.17) is 0 Å². The summed E-state index contributed by atoms with van der Waals surface area (Å²) in [4.78, 5) is 5.43. The maximum atomic E-state index is 2.72. The molecule has 0 N–H and O–H groups in total. The third-order valence-corrected chi connectivity index (χ3v) is 23.9. The van der Waals surface area contributed by atoms with E-state index in [2.05, 4.69) is 432 Å². The van der Waals surface area contributed by atoms with Crippen LogP contribution in [0.15, 0.2) is 376 Å². The fourth-order valence-corrected chi connectivity index (χ4v) is 18.5. The predicted octanol–water partition coefficient (Wildman–Crippen LogP) is 27.7. The Balaban J connectivity index is 0.933. The topological polar surface area (TPSA) is 11.4 Å². The van der Waals surface area contributed by atoms with Crippen LogP contribution in [0.25, 0.3) is 149 Å². The molecule has 0 radical (unpaired) electrons. The summed E-state index contributed by atoms with van der Waals surface area (Å²) in [6.07, 6.45) is 0. The Morgan fingerprint density at radius 2 is 0.589 bits per heavy atom. The van der Waals surface area contributed by atoms with Crippen molar-refractivity contribution in [3.63, 3.8) is 0 Å². The molecule has 0 amide bonds. The highest BCUT2D eigenvalue weighted by Crippen LogP contribution is 2.56. The molecule has 112 heavy (non-hydrogen) atoms. The van der Waals surface area contributed by atoms with Crippen LogP contribution in [-0.4, -0.2) is 11.3 Å². The number of hydrogen-bond donors (Lipinski definition) is 0. The summed E-state index contributed by atoms with van der Waals surface area (Å²) >= 11 is 0. The van der Waals surface area contributed by atoms with Gasteiger partial charge in [-0.25, -0.2) is 0 Å². The van der Waals surface area contributed by atoms with E-state index in [0.29, 0.717) is 0 Å². The van der Waals surface area contributed by atoms with Crippen LogP contribution >= 0.6 is 0 Å². The lowest BCUT2D eigenvalue weighted by Crippen LogP contribution is -2.61. The minimum atomic E-state index is -0.304. The van der Waals surface area contributed by atoms with Crippen molar-refractivity contribution in [3.8, 4) is 94.7 Å². The van der Waals surface area contributed by atoms with E-state index < -0.39 is 0 Å². The maximum absolute atomic E-state index is 2.72. The highest BCUT2D eigenvalue weighted by Gasteiger charge is 2.46. The average Bonchev–Trinajstić information content (AvgIpc) is 0.810. The minimum absolute atomic E-state index is 0.00947. The molecule has 19 aromatic rings. The Hall–Kier alpha value is -13.5. The van der Waals surface area contributed by atoms with E-state index >= 15 is 0 Å². The number of anilines is 6. The molecule has 0 atom stereocenters. The molecular weight excluding hydrogens is 1350 g/mol. The Morgan fingerprint density at radius 1 is 0.232 bits per heavy atom. The molecule has 0 aliphatic carbocycles. The van der Waals surface area contributed by atoms with Crippen LogP contribution in [0, 0.1) is 0 Å².